The molecule has 55 heavy (non-hydrogen) atoms. The SMILES string of the molecule is C=CC(=O)OCCc1ccc(/N=N/c2ccc(OC(=O)c3ccc(OC(=O)c4ccc(OCCCCOC(=O)C(C(C)C)C(C)C)cc4)cc3)c(C)c2)cc1. The van der Waals surface area contributed by atoms with Crippen LogP contribution in [-0.2, 0) is 25.5 Å². The summed E-state index contributed by atoms with van der Waals surface area (Å²) in [5.74, 6) is -0.128. The molecule has 0 radical (unpaired) electrons. The molecule has 0 aliphatic carbocycles. The first kappa shape index (κ1) is 41.7. The van der Waals surface area contributed by atoms with Gasteiger partial charge in [0.1, 0.15) is 17.2 Å². The molecule has 11 nitrogen and oxygen atoms in total. The number of nitrogens with zero attached hydrogens (tertiary/aromatic N) is 2. The Labute approximate surface area is 322 Å². The first-order chi connectivity index (χ1) is 26.4. The Morgan fingerprint density at radius 3 is 1.82 bits per heavy atom. The number of hydrogen-bond donors (Lipinski definition) is 0. The maximum absolute atomic E-state index is 12.9. The first-order valence-corrected chi connectivity index (χ1v) is 18.3. The van der Waals surface area contributed by atoms with E-state index in [1.54, 1.807) is 49.4 Å². The van der Waals surface area contributed by atoms with Crippen molar-refractivity contribution < 1.29 is 42.9 Å². The largest absolute Gasteiger partial charge is 0.494 e. The molecule has 0 saturated heterocycles. The van der Waals surface area contributed by atoms with E-state index in [9.17, 15) is 19.2 Å². The van der Waals surface area contributed by atoms with Crippen molar-refractivity contribution in [2.75, 3.05) is 19.8 Å². The third-order valence-corrected chi connectivity index (χ3v) is 8.53. The molecule has 0 N–H and O–H groups in total. The van der Waals surface area contributed by atoms with Gasteiger partial charge in [-0.2, -0.15) is 10.2 Å². The molecule has 0 aliphatic rings. The number of carbonyl (C=O) groups excluding carboxylic acids is 4. The van der Waals surface area contributed by atoms with Crippen LogP contribution in [-0.4, -0.2) is 43.7 Å². The van der Waals surface area contributed by atoms with Gasteiger partial charge < -0.3 is 23.7 Å². The summed E-state index contributed by atoms with van der Waals surface area (Å²) >= 11 is 0. The highest BCUT2D eigenvalue weighted by molar-refractivity contribution is 5.93. The molecule has 0 amide bonds. The lowest BCUT2D eigenvalue weighted by molar-refractivity contribution is -0.152. The van der Waals surface area contributed by atoms with Crippen LogP contribution in [0.25, 0.3) is 0 Å². The first-order valence-electron chi connectivity index (χ1n) is 18.3. The van der Waals surface area contributed by atoms with Gasteiger partial charge in [0.2, 0.25) is 0 Å². The van der Waals surface area contributed by atoms with E-state index in [1.807, 2.05) is 52.0 Å². The van der Waals surface area contributed by atoms with Crippen LogP contribution in [0.2, 0.25) is 0 Å². The molecule has 0 fully saturated rings. The lowest BCUT2D eigenvalue weighted by Gasteiger charge is -2.22. The summed E-state index contributed by atoms with van der Waals surface area (Å²) in [6.07, 6.45) is 3.11. The zero-order valence-corrected chi connectivity index (χ0v) is 32.0. The smallest absolute Gasteiger partial charge is 0.343 e. The van der Waals surface area contributed by atoms with Gasteiger partial charge >= 0.3 is 23.9 Å². The van der Waals surface area contributed by atoms with Crippen LogP contribution in [0.1, 0.15) is 72.4 Å². The summed E-state index contributed by atoms with van der Waals surface area (Å²) in [7, 11) is 0. The molecule has 0 aromatic heterocycles. The highest BCUT2D eigenvalue weighted by Gasteiger charge is 2.26. The number of benzene rings is 4. The topological polar surface area (TPSA) is 139 Å². The molecule has 4 aromatic rings. The minimum atomic E-state index is -0.572. The van der Waals surface area contributed by atoms with E-state index in [4.69, 9.17) is 23.7 Å². The number of carbonyl (C=O) groups is 4. The number of hydrogen-bond acceptors (Lipinski definition) is 11. The summed E-state index contributed by atoms with van der Waals surface area (Å²) in [4.78, 5) is 49.2. The van der Waals surface area contributed by atoms with Crippen LogP contribution >= 0.6 is 0 Å². The standard InChI is InChI=1S/C44H48N2O9/c1-7-40(47)52-27-24-32-10-16-35(17-11-32)45-46-36-18-23-39(31(6)28-36)55-43(49)34-14-21-38(22-15-34)54-42(48)33-12-19-37(20-13-33)51-25-8-9-26-53-44(50)41(29(2)3)30(4)5/h7,10-23,28-30,41H,1,8-9,24-27H2,2-6H3/b46-45+. The van der Waals surface area contributed by atoms with E-state index < -0.39 is 17.9 Å². The molecule has 4 rings (SSSR count). The number of esters is 4. The van der Waals surface area contributed by atoms with Gasteiger partial charge in [-0.05, 0) is 122 Å². The molecule has 0 aliphatic heterocycles. The highest BCUT2D eigenvalue weighted by atomic mass is 16.5. The second-order valence-corrected chi connectivity index (χ2v) is 13.5. The lowest BCUT2D eigenvalue weighted by atomic mass is 9.86. The monoisotopic (exact) mass is 748 g/mol. The molecule has 288 valence electrons. The fourth-order valence-corrected chi connectivity index (χ4v) is 5.63. The molecular formula is C44H48N2O9. The Hall–Kier alpha value is -6.10. The Bertz CT molecular complexity index is 1930. The number of unbranched alkanes of at least 4 members (excludes halogenated alkanes) is 1. The fraction of sp³-hybridized carbons (Fsp3) is 0.318. The normalized spacial score (nSPS) is 11.1. The molecule has 0 heterocycles. The zero-order chi connectivity index (χ0) is 39.7. The summed E-state index contributed by atoms with van der Waals surface area (Å²) in [5.41, 5.74) is 3.53. The number of ether oxygens (including phenoxy) is 5. The maximum Gasteiger partial charge on any atom is 0.343 e. The van der Waals surface area contributed by atoms with Crippen molar-refractivity contribution in [3.8, 4) is 17.2 Å². The van der Waals surface area contributed by atoms with E-state index in [2.05, 4.69) is 16.8 Å². The molecule has 0 spiro atoms. The van der Waals surface area contributed by atoms with Crippen molar-refractivity contribution in [1.82, 2.24) is 0 Å². The van der Waals surface area contributed by atoms with Gasteiger partial charge in [0.25, 0.3) is 0 Å². The maximum atomic E-state index is 12.9. The summed E-state index contributed by atoms with van der Waals surface area (Å²) in [5, 5.41) is 8.55. The Morgan fingerprint density at radius 2 is 1.22 bits per heavy atom. The van der Waals surface area contributed by atoms with E-state index in [1.165, 1.54) is 24.3 Å². The van der Waals surface area contributed by atoms with E-state index in [0.717, 1.165) is 11.6 Å². The van der Waals surface area contributed by atoms with E-state index in [-0.39, 0.29) is 41.6 Å². The van der Waals surface area contributed by atoms with Gasteiger partial charge in [-0.1, -0.05) is 46.4 Å². The molecule has 0 atom stereocenters. The lowest BCUT2D eigenvalue weighted by Crippen LogP contribution is -2.27. The van der Waals surface area contributed by atoms with Crippen LogP contribution in [0, 0.1) is 24.7 Å². The van der Waals surface area contributed by atoms with Gasteiger partial charge in [0.05, 0.1) is 48.2 Å². The van der Waals surface area contributed by atoms with Gasteiger partial charge in [-0.15, -0.1) is 0 Å². The molecule has 0 unspecified atom stereocenters. The molecule has 11 heteroatoms. The zero-order valence-electron chi connectivity index (χ0n) is 32.0. The van der Waals surface area contributed by atoms with Gasteiger partial charge in [0, 0.05) is 12.5 Å². The molecule has 4 aromatic carbocycles. The Kier molecular flexibility index (Phi) is 15.9. The predicted molar refractivity (Wildman–Crippen MR) is 208 cm³/mol. The van der Waals surface area contributed by atoms with Gasteiger partial charge in [-0.25, -0.2) is 14.4 Å². The number of azo groups is 1. The van der Waals surface area contributed by atoms with Crippen LogP contribution in [0.5, 0.6) is 17.2 Å². The molecule has 0 bridgehead atoms. The minimum absolute atomic E-state index is 0.107. The second-order valence-electron chi connectivity index (χ2n) is 13.5. The summed E-state index contributed by atoms with van der Waals surface area (Å²) in [6, 6.07) is 25.2. The van der Waals surface area contributed by atoms with Crippen LogP contribution in [0.4, 0.5) is 11.4 Å². The third kappa shape index (κ3) is 13.4. The van der Waals surface area contributed by atoms with Crippen LogP contribution < -0.4 is 14.2 Å². The summed E-state index contributed by atoms with van der Waals surface area (Å²) < 4.78 is 27.3. The van der Waals surface area contributed by atoms with Crippen molar-refractivity contribution in [3.05, 3.63) is 126 Å². The molecule has 0 saturated carbocycles. The molecular weight excluding hydrogens is 700 g/mol. The van der Waals surface area contributed by atoms with Crippen LogP contribution in [0.3, 0.4) is 0 Å². The van der Waals surface area contributed by atoms with Gasteiger partial charge in [0.15, 0.2) is 0 Å². The minimum Gasteiger partial charge on any atom is -0.494 e. The van der Waals surface area contributed by atoms with Crippen molar-refractivity contribution in [2.24, 2.45) is 28.0 Å². The predicted octanol–water partition coefficient (Wildman–Crippen LogP) is 9.75. The second kappa shape index (κ2) is 21.0. The number of aryl methyl sites for hydroxylation is 1. The Morgan fingerprint density at radius 1 is 0.655 bits per heavy atom. The van der Waals surface area contributed by atoms with Crippen molar-refractivity contribution in [1.29, 1.82) is 0 Å². The van der Waals surface area contributed by atoms with Gasteiger partial charge in [-0.3, -0.25) is 4.79 Å². The average molecular weight is 749 g/mol. The average Bonchev–Trinajstić information content (AvgIpc) is 3.17. The fourth-order valence-electron chi connectivity index (χ4n) is 5.63. The van der Waals surface area contributed by atoms with Crippen molar-refractivity contribution >= 4 is 35.3 Å². The number of rotatable bonds is 19. The quantitative estimate of drug-likeness (QED) is 0.0301. The van der Waals surface area contributed by atoms with Crippen molar-refractivity contribution in [2.45, 2.75) is 53.9 Å². The Balaban J connectivity index is 1.19. The van der Waals surface area contributed by atoms with Crippen LogP contribution in [0.15, 0.2) is 114 Å². The third-order valence-electron chi connectivity index (χ3n) is 8.53. The van der Waals surface area contributed by atoms with E-state index in [0.29, 0.717) is 66.5 Å². The highest BCUT2D eigenvalue weighted by Crippen LogP contribution is 2.27. The van der Waals surface area contributed by atoms with E-state index >= 15 is 0 Å². The summed E-state index contributed by atoms with van der Waals surface area (Å²) in [6.45, 7) is 14.4. The van der Waals surface area contributed by atoms with Crippen molar-refractivity contribution in [3.63, 3.8) is 0 Å².